The molecule has 1 aromatic heterocycles. The predicted octanol–water partition coefficient (Wildman–Crippen LogP) is 4.11. The van der Waals surface area contributed by atoms with Crippen molar-refractivity contribution in [2.24, 2.45) is 0 Å². The van der Waals surface area contributed by atoms with Gasteiger partial charge in [0.15, 0.2) is 0 Å². The van der Waals surface area contributed by atoms with E-state index in [9.17, 15) is 22.0 Å². The van der Waals surface area contributed by atoms with E-state index in [1.165, 1.54) is 0 Å². The maximum absolute atomic E-state index is 12.4. The average molecular weight is 290 g/mol. The van der Waals surface area contributed by atoms with Gasteiger partial charge in [0.05, 0.1) is 0 Å². The minimum atomic E-state index is -4.71. The van der Waals surface area contributed by atoms with Crippen LogP contribution in [0.1, 0.15) is 23.2 Å². The van der Waals surface area contributed by atoms with Gasteiger partial charge in [0, 0.05) is 16.2 Å². The van der Waals surface area contributed by atoms with Gasteiger partial charge in [0.2, 0.25) is 0 Å². The molecule has 0 bridgehead atoms. The molecule has 0 amide bonds. The van der Waals surface area contributed by atoms with E-state index in [2.05, 4.69) is 20.9 Å². The van der Waals surface area contributed by atoms with Crippen LogP contribution in [-0.4, -0.2) is 4.98 Å². The number of aromatic nitrogens is 1. The zero-order chi connectivity index (χ0) is 11.8. The lowest BCUT2D eigenvalue weighted by molar-refractivity contribution is -0.141. The summed E-state index contributed by atoms with van der Waals surface area (Å²) in [7, 11) is 0. The lowest BCUT2D eigenvalue weighted by Crippen LogP contribution is -2.12. The van der Waals surface area contributed by atoms with E-state index in [1.54, 1.807) is 0 Å². The van der Waals surface area contributed by atoms with E-state index in [-0.39, 0.29) is 4.47 Å². The fourth-order valence-corrected chi connectivity index (χ4v) is 1.72. The number of rotatable bonds is 1. The normalized spacial score (nSPS) is 12.3. The highest BCUT2D eigenvalue weighted by Crippen LogP contribution is 2.37. The van der Waals surface area contributed by atoms with Gasteiger partial charge in [-0.25, -0.2) is 8.78 Å². The van der Waals surface area contributed by atoms with Crippen molar-refractivity contribution in [1.29, 1.82) is 0 Å². The van der Waals surface area contributed by atoms with Crippen molar-refractivity contribution in [3.8, 4) is 0 Å². The Kier molecular flexibility index (Phi) is 3.32. The van der Waals surface area contributed by atoms with Crippen LogP contribution in [0.15, 0.2) is 10.7 Å². The zero-order valence-corrected chi connectivity index (χ0v) is 8.96. The van der Waals surface area contributed by atoms with Gasteiger partial charge in [0.25, 0.3) is 6.43 Å². The molecule has 0 N–H and O–H groups in total. The van der Waals surface area contributed by atoms with Crippen LogP contribution < -0.4 is 0 Å². The molecule has 7 heteroatoms. The number of halogens is 6. The van der Waals surface area contributed by atoms with Crippen molar-refractivity contribution in [2.45, 2.75) is 19.5 Å². The number of pyridine rings is 1. The molecular formula is C8H5BrF5N. The first-order chi connectivity index (χ1) is 6.75. The summed E-state index contributed by atoms with van der Waals surface area (Å²) in [6.45, 7) is 0.974. The Bertz CT molecular complexity index is 374. The zero-order valence-electron chi connectivity index (χ0n) is 7.37. The molecular weight excluding hydrogens is 285 g/mol. The van der Waals surface area contributed by atoms with Crippen molar-refractivity contribution in [2.75, 3.05) is 0 Å². The van der Waals surface area contributed by atoms with Crippen LogP contribution in [0.4, 0.5) is 22.0 Å². The van der Waals surface area contributed by atoms with Gasteiger partial charge in [-0.15, -0.1) is 0 Å². The van der Waals surface area contributed by atoms with Crippen molar-refractivity contribution < 1.29 is 22.0 Å². The molecule has 1 rings (SSSR count). The first kappa shape index (κ1) is 12.4. The van der Waals surface area contributed by atoms with Gasteiger partial charge in [-0.1, -0.05) is 0 Å². The molecule has 1 aromatic rings. The molecule has 15 heavy (non-hydrogen) atoms. The van der Waals surface area contributed by atoms with Crippen molar-refractivity contribution >= 4 is 15.9 Å². The Morgan fingerprint density at radius 2 is 1.87 bits per heavy atom. The summed E-state index contributed by atoms with van der Waals surface area (Å²) >= 11 is 2.74. The third-order valence-corrected chi connectivity index (χ3v) is 2.44. The summed E-state index contributed by atoms with van der Waals surface area (Å²) < 4.78 is 61.6. The summed E-state index contributed by atoms with van der Waals surface area (Å²) in [5, 5.41) is 0. The van der Waals surface area contributed by atoms with E-state index < -0.39 is 29.4 Å². The van der Waals surface area contributed by atoms with Gasteiger partial charge in [-0.3, -0.25) is 4.98 Å². The van der Waals surface area contributed by atoms with Gasteiger partial charge in [-0.2, -0.15) is 13.2 Å². The standard InChI is InChI=1S/C8H5BrF5N/c1-3-5(7(10)11)4(9)2-15-6(3)8(12,13)14/h2,7H,1H3. The van der Waals surface area contributed by atoms with Crippen molar-refractivity contribution in [3.63, 3.8) is 0 Å². The summed E-state index contributed by atoms with van der Waals surface area (Å²) in [5.41, 5.74) is -2.50. The Morgan fingerprint density at radius 1 is 1.33 bits per heavy atom. The van der Waals surface area contributed by atoms with E-state index in [0.717, 1.165) is 13.1 Å². The smallest absolute Gasteiger partial charge is 0.250 e. The molecule has 0 saturated heterocycles. The quantitative estimate of drug-likeness (QED) is 0.709. The van der Waals surface area contributed by atoms with Crippen LogP contribution in [0.2, 0.25) is 0 Å². The highest BCUT2D eigenvalue weighted by Gasteiger charge is 2.36. The molecule has 0 aromatic carbocycles. The second-order valence-electron chi connectivity index (χ2n) is 2.79. The minimum Gasteiger partial charge on any atom is -0.250 e. The fourth-order valence-electron chi connectivity index (χ4n) is 1.15. The fraction of sp³-hybridized carbons (Fsp3) is 0.375. The predicted molar refractivity (Wildman–Crippen MR) is 46.6 cm³/mol. The molecule has 0 aliphatic carbocycles. The van der Waals surface area contributed by atoms with Crippen LogP contribution in [-0.2, 0) is 6.18 Å². The highest BCUT2D eigenvalue weighted by atomic mass is 79.9. The number of hydrogen-bond donors (Lipinski definition) is 0. The monoisotopic (exact) mass is 289 g/mol. The summed E-state index contributed by atoms with van der Waals surface area (Å²) in [6, 6.07) is 0. The van der Waals surface area contributed by atoms with Gasteiger partial charge in [-0.05, 0) is 28.4 Å². The molecule has 1 nitrogen and oxygen atoms in total. The van der Waals surface area contributed by atoms with Crippen LogP contribution in [0.5, 0.6) is 0 Å². The molecule has 0 atom stereocenters. The largest absolute Gasteiger partial charge is 0.433 e. The molecule has 0 spiro atoms. The van der Waals surface area contributed by atoms with Crippen molar-refractivity contribution in [3.05, 3.63) is 27.5 Å². The average Bonchev–Trinajstić information content (AvgIpc) is 2.00. The van der Waals surface area contributed by atoms with Crippen LogP contribution in [0.25, 0.3) is 0 Å². The van der Waals surface area contributed by atoms with Crippen LogP contribution >= 0.6 is 15.9 Å². The van der Waals surface area contributed by atoms with Gasteiger partial charge in [0.1, 0.15) is 5.69 Å². The summed E-state index contributed by atoms with van der Waals surface area (Å²) in [6.07, 6.45) is -6.95. The van der Waals surface area contributed by atoms with E-state index in [0.29, 0.717) is 0 Å². The molecule has 1 heterocycles. The lowest BCUT2D eigenvalue weighted by Gasteiger charge is -2.13. The maximum Gasteiger partial charge on any atom is 0.433 e. The third-order valence-electron chi connectivity index (χ3n) is 1.81. The second kappa shape index (κ2) is 4.03. The van der Waals surface area contributed by atoms with Crippen LogP contribution in [0.3, 0.4) is 0 Å². The van der Waals surface area contributed by atoms with E-state index >= 15 is 0 Å². The molecule has 0 fully saturated rings. The number of hydrogen-bond acceptors (Lipinski definition) is 1. The molecule has 0 aliphatic rings. The van der Waals surface area contributed by atoms with Gasteiger partial charge < -0.3 is 0 Å². The summed E-state index contributed by atoms with van der Waals surface area (Å²) in [5.74, 6) is 0. The molecule has 0 saturated carbocycles. The molecule has 84 valence electrons. The second-order valence-corrected chi connectivity index (χ2v) is 3.65. The van der Waals surface area contributed by atoms with Crippen molar-refractivity contribution in [1.82, 2.24) is 4.98 Å². The Labute approximate surface area is 90.4 Å². The topological polar surface area (TPSA) is 12.9 Å². The Balaban J connectivity index is 3.42. The van der Waals surface area contributed by atoms with E-state index in [4.69, 9.17) is 0 Å². The van der Waals surface area contributed by atoms with E-state index in [1.807, 2.05) is 0 Å². The molecule has 0 aliphatic heterocycles. The lowest BCUT2D eigenvalue weighted by atomic mass is 10.1. The minimum absolute atomic E-state index is 0.122. The maximum atomic E-state index is 12.4. The Morgan fingerprint density at radius 3 is 2.27 bits per heavy atom. The Hall–Kier alpha value is -0.720. The van der Waals surface area contributed by atoms with Gasteiger partial charge >= 0.3 is 6.18 Å². The first-order valence-electron chi connectivity index (χ1n) is 3.75. The SMILES string of the molecule is Cc1c(C(F)(F)F)ncc(Br)c1C(F)F. The summed E-state index contributed by atoms with van der Waals surface area (Å²) in [4.78, 5) is 3.09. The number of nitrogens with zero attached hydrogens (tertiary/aromatic N) is 1. The number of alkyl halides is 5. The molecule has 0 unspecified atom stereocenters. The first-order valence-corrected chi connectivity index (χ1v) is 4.54. The highest BCUT2D eigenvalue weighted by molar-refractivity contribution is 9.10. The molecule has 0 radical (unpaired) electrons. The van der Waals surface area contributed by atoms with Crippen LogP contribution in [0, 0.1) is 6.92 Å². The third kappa shape index (κ3) is 2.45.